The first-order valence-corrected chi connectivity index (χ1v) is 26.5. The fourth-order valence-electron chi connectivity index (χ4n) is 3.16. The molecule has 0 aliphatic rings. The largest absolute Gasteiger partial charge is 4.00 e. The first-order valence-electron chi connectivity index (χ1n) is 13.4. The predicted molar refractivity (Wildman–Crippen MR) is 180 cm³/mol. The molecule has 0 N–H and O–H groups in total. The molecule has 0 saturated carbocycles. The van der Waals surface area contributed by atoms with Crippen LogP contribution in [0, 0.1) is 13.1 Å². The Bertz CT molecular complexity index is 474. The van der Waals surface area contributed by atoms with Crippen LogP contribution in [0.3, 0.4) is 0 Å². The molecule has 0 aromatic carbocycles. The third kappa shape index (κ3) is 72.7. The molecule has 0 aliphatic heterocycles. The predicted octanol–water partition coefficient (Wildman–Crippen LogP) is 10.7. The van der Waals surface area contributed by atoms with Gasteiger partial charge in [-0.25, -0.2) is 0 Å². The van der Waals surface area contributed by atoms with Crippen molar-refractivity contribution in [3.05, 3.63) is 23.1 Å². The summed E-state index contributed by atoms with van der Waals surface area (Å²) in [5.41, 5.74) is -0.128. The van der Waals surface area contributed by atoms with Crippen LogP contribution in [-0.4, -0.2) is 55.4 Å². The van der Waals surface area contributed by atoms with Gasteiger partial charge in [0, 0.05) is 11.2 Å². The van der Waals surface area contributed by atoms with Gasteiger partial charge in [0.2, 0.25) is 0 Å². The topological polar surface area (TPSA) is 46.7 Å². The van der Waals surface area contributed by atoms with Gasteiger partial charge in [0.05, 0.1) is 17.0 Å². The molecule has 0 amide bonds. The van der Waals surface area contributed by atoms with Crippen LogP contribution < -0.4 is 0 Å². The van der Waals surface area contributed by atoms with E-state index in [2.05, 4.69) is 162 Å². The average Bonchev–Trinajstić information content (AvgIpc) is 2.19. The Kier molecular flexibility index (Phi) is 22.9. The summed E-state index contributed by atoms with van der Waals surface area (Å²) < 4.78 is 11.9. The molecule has 0 fully saturated rings. The van der Waals surface area contributed by atoms with Gasteiger partial charge in [-0.2, -0.15) is 0 Å². The molecule has 37 heavy (non-hydrogen) atoms. The summed E-state index contributed by atoms with van der Waals surface area (Å²) in [6, 6.07) is 0. The molecule has 0 rings (SSSR count). The molecular formula is C28H70N2O2Si4Zr. The van der Waals surface area contributed by atoms with Gasteiger partial charge in [0.25, 0.3) is 0 Å². The van der Waals surface area contributed by atoms with Gasteiger partial charge in [-0.05, 0) is 41.5 Å². The maximum absolute atomic E-state index is 5.97. The van der Waals surface area contributed by atoms with Gasteiger partial charge >= 0.3 is 26.2 Å². The number of nitrogens with zero attached hydrogens (tertiary/aromatic N) is 2. The first-order chi connectivity index (χ1) is 14.8. The van der Waals surface area contributed by atoms with E-state index in [1.54, 1.807) is 0 Å². The van der Waals surface area contributed by atoms with Crippen molar-refractivity contribution in [2.24, 2.45) is 0 Å². The summed E-state index contributed by atoms with van der Waals surface area (Å²) >= 11 is 0. The maximum atomic E-state index is 5.97. The van der Waals surface area contributed by atoms with Crippen molar-refractivity contribution >= 4 is 33.1 Å². The molecule has 0 radical (unpaired) electrons. The van der Waals surface area contributed by atoms with Crippen LogP contribution in [0.4, 0.5) is 0 Å². The van der Waals surface area contributed by atoms with E-state index in [1.165, 1.54) is 0 Å². The van der Waals surface area contributed by atoms with Gasteiger partial charge in [-0.15, -0.1) is 27.2 Å². The van der Waals surface area contributed by atoms with E-state index >= 15 is 0 Å². The van der Waals surface area contributed by atoms with Crippen LogP contribution in [0.5, 0.6) is 0 Å². The van der Waals surface area contributed by atoms with Crippen molar-refractivity contribution in [1.29, 1.82) is 0 Å². The molecule has 0 atom stereocenters. The van der Waals surface area contributed by atoms with Crippen LogP contribution >= 0.6 is 0 Å². The molecule has 0 spiro atoms. The summed E-state index contributed by atoms with van der Waals surface area (Å²) in [7, 11) is -5.42. The van der Waals surface area contributed by atoms with Crippen molar-refractivity contribution in [1.82, 2.24) is 0 Å². The van der Waals surface area contributed by atoms with E-state index in [0.717, 1.165) is 0 Å². The van der Waals surface area contributed by atoms with Crippen LogP contribution in [-0.2, 0) is 35.1 Å². The molecule has 0 aliphatic carbocycles. The third-order valence-corrected chi connectivity index (χ3v) is 6.96. The number of hydrogen-bond acceptors (Lipinski definition) is 2. The number of hydrogen-bond donors (Lipinski definition) is 0. The molecule has 0 aromatic rings. The van der Waals surface area contributed by atoms with Gasteiger partial charge in [-0.1, -0.05) is 107 Å². The number of rotatable bonds is 4. The second-order valence-corrected chi connectivity index (χ2v) is 33.9. The van der Waals surface area contributed by atoms with Crippen molar-refractivity contribution < 1.29 is 35.1 Å². The standard InChI is InChI=1S/2C10H24NOSi.2C4H11Si.Zr/c2*1-9(2,3)11-13(7,8)12-10(4,5)6;2*1-5(2,3)4;/h2*1-8H3;2*1H2,2-4H3;/q4*-1;+4. The molecular weight excluding hydrogens is 600 g/mol. The first kappa shape index (κ1) is 48.3. The molecule has 4 nitrogen and oxygen atoms in total. The second kappa shape index (κ2) is 17.5. The Hall–Kier alpha value is 1.59. The molecule has 224 valence electrons. The Morgan fingerprint density at radius 3 is 0.649 bits per heavy atom. The smallest absolute Gasteiger partial charge is 0.637 e. The summed E-state index contributed by atoms with van der Waals surface area (Å²) in [6.45, 7) is 54.9. The fourth-order valence-corrected chi connectivity index (χ4v) is 9.48. The Morgan fingerprint density at radius 2 is 0.568 bits per heavy atom. The van der Waals surface area contributed by atoms with Crippen LogP contribution in [0.1, 0.15) is 83.1 Å². The minimum Gasteiger partial charge on any atom is -0.637 e. The molecule has 0 saturated heterocycles. The average molecular weight is 670 g/mol. The summed E-state index contributed by atoms with van der Waals surface area (Å²) in [5, 5.41) is 0. The van der Waals surface area contributed by atoms with E-state index in [4.69, 9.17) is 18.8 Å². The van der Waals surface area contributed by atoms with Gasteiger partial charge in [-0.3, -0.25) is 0 Å². The summed E-state index contributed by atoms with van der Waals surface area (Å²) in [5.74, 6) is 0. The van der Waals surface area contributed by atoms with Gasteiger partial charge in [0.1, 0.15) is 0 Å². The normalized spacial score (nSPS) is 13.6. The van der Waals surface area contributed by atoms with E-state index in [0.29, 0.717) is 0 Å². The maximum Gasteiger partial charge on any atom is 4.00 e. The van der Waals surface area contributed by atoms with Crippen LogP contribution in [0.15, 0.2) is 0 Å². The minimum atomic E-state index is -1.85. The Morgan fingerprint density at radius 1 is 0.432 bits per heavy atom. The molecule has 0 aromatic heterocycles. The summed E-state index contributed by atoms with van der Waals surface area (Å²) in [6.07, 6.45) is 0. The monoisotopic (exact) mass is 668 g/mol. The molecule has 0 unspecified atom stereocenters. The Balaban J connectivity index is -0.000000133. The van der Waals surface area contributed by atoms with Crippen molar-refractivity contribution in [2.45, 2.75) is 171 Å². The van der Waals surface area contributed by atoms with E-state index in [-0.39, 0.29) is 48.5 Å². The summed E-state index contributed by atoms with van der Waals surface area (Å²) in [4.78, 5) is 9.49. The molecule has 9 heteroatoms. The molecule has 0 heterocycles. The zero-order valence-electron chi connectivity index (χ0n) is 29.6. The third-order valence-electron chi connectivity index (χ3n) is 2.32. The van der Waals surface area contributed by atoms with Gasteiger partial charge in [0.15, 0.2) is 0 Å². The fraction of sp³-hybridized carbons (Fsp3) is 0.929. The van der Waals surface area contributed by atoms with Crippen molar-refractivity contribution in [3.8, 4) is 0 Å². The zero-order valence-corrected chi connectivity index (χ0v) is 36.1. The van der Waals surface area contributed by atoms with E-state index in [1.807, 2.05) is 0 Å². The van der Waals surface area contributed by atoms with Crippen LogP contribution in [0.2, 0.25) is 65.5 Å². The van der Waals surface area contributed by atoms with E-state index < -0.39 is 33.1 Å². The molecule has 0 bridgehead atoms. The minimum absolute atomic E-state index is 0. The van der Waals surface area contributed by atoms with Crippen LogP contribution in [0.25, 0.3) is 9.96 Å². The van der Waals surface area contributed by atoms with Crippen molar-refractivity contribution in [2.75, 3.05) is 0 Å². The second-order valence-electron chi connectivity index (χ2n) is 17.0. The Labute approximate surface area is 260 Å². The SMILES string of the molecule is CC(C)(C)[N-][Si](C)(C)OC(C)(C)C.CC(C)(C)[N-][Si](C)(C)OC(C)(C)C.[CH2-][Si](C)(C)C.[CH2-][Si](C)(C)C.[Zr+4]. The zero-order chi connectivity index (χ0) is 30.8. The van der Waals surface area contributed by atoms with Crippen molar-refractivity contribution in [3.63, 3.8) is 0 Å². The quantitative estimate of drug-likeness (QED) is 0.221. The van der Waals surface area contributed by atoms with E-state index in [9.17, 15) is 0 Å². The van der Waals surface area contributed by atoms with Gasteiger partial charge < -0.3 is 31.9 Å².